The number of aliphatic hydroxyl groups excluding tert-OH is 1. The SMILES string of the molecule is CNCc1ccc(Oc2ccc(CO)cc2)c(Cl)c1. The van der Waals surface area contributed by atoms with Gasteiger partial charge in [0.2, 0.25) is 0 Å². The van der Waals surface area contributed by atoms with Crippen LogP contribution >= 0.6 is 11.6 Å². The average Bonchev–Trinajstić information content (AvgIpc) is 2.43. The quantitative estimate of drug-likeness (QED) is 0.881. The third-order valence-electron chi connectivity index (χ3n) is 2.71. The lowest BCUT2D eigenvalue weighted by atomic mass is 10.2. The van der Waals surface area contributed by atoms with E-state index in [1.54, 1.807) is 0 Å². The lowest BCUT2D eigenvalue weighted by Gasteiger charge is -2.09. The third kappa shape index (κ3) is 3.70. The van der Waals surface area contributed by atoms with Crippen LogP contribution in [0.3, 0.4) is 0 Å². The van der Waals surface area contributed by atoms with Crippen molar-refractivity contribution in [1.29, 1.82) is 0 Å². The first-order chi connectivity index (χ1) is 9.22. The molecule has 0 aliphatic carbocycles. The molecule has 0 bridgehead atoms. The lowest BCUT2D eigenvalue weighted by Crippen LogP contribution is -2.04. The van der Waals surface area contributed by atoms with Gasteiger partial charge in [0.25, 0.3) is 0 Å². The highest BCUT2D eigenvalue weighted by Gasteiger charge is 2.04. The maximum absolute atomic E-state index is 8.98. The molecule has 0 radical (unpaired) electrons. The van der Waals surface area contributed by atoms with Gasteiger partial charge in [-0.3, -0.25) is 0 Å². The molecule has 0 aromatic heterocycles. The summed E-state index contributed by atoms with van der Waals surface area (Å²) < 4.78 is 5.71. The molecule has 0 heterocycles. The molecule has 2 aromatic carbocycles. The smallest absolute Gasteiger partial charge is 0.146 e. The number of rotatable bonds is 5. The fourth-order valence-electron chi connectivity index (χ4n) is 1.73. The van der Waals surface area contributed by atoms with Crippen molar-refractivity contribution < 1.29 is 9.84 Å². The minimum atomic E-state index is 0.0275. The zero-order chi connectivity index (χ0) is 13.7. The van der Waals surface area contributed by atoms with E-state index in [9.17, 15) is 0 Å². The van der Waals surface area contributed by atoms with Crippen LogP contribution in [-0.2, 0) is 13.2 Å². The first kappa shape index (κ1) is 13.9. The van der Waals surface area contributed by atoms with Crippen LogP contribution in [0.2, 0.25) is 5.02 Å². The minimum absolute atomic E-state index is 0.0275. The van der Waals surface area contributed by atoms with E-state index >= 15 is 0 Å². The number of ether oxygens (including phenoxy) is 1. The van der Waals surface area contributed by atoms with Gasteiger partial charge in [0.05, 0.1) is 11.6 Å². The number of halogens is 1. The number of nitrogens with one attached hydrogen (secondary N) is 1. The molecule has 0 amide bonds. The molecule has 0 atom stereocenters. The maximum Gasteiger partial charge on any atom is 0.146 e. The Balaban J connectivity index is 2.13. The maximum atomic E-state index is 8.98. The summed E-state index contributed by atoms with van der Waals surface area (Å²) in [6.45, 7) is 0.797. The van der Waals surface area contributed by atoms with Crippen molar-refractivity contribution in [2.75, 3.05) is 7.05 Å². The summed E-state index contributed by atoms with van der Waals surface area (Å²) in [5.74, 6) is 1.32. The molecule has 0 saturated heterocycles. The predicted octanol–water partition coefficient (Wildman–Crippen LogP) is 3.34. The van der Waals surface area contributed by atoms with E-state index in [0.717, 1.165) is 17.7 Å². The topological polar surface area (TPSA) is 41.5 Å². The third-order valence-corrected chi connectivity index (χ3v) is 3.01. The number of hydrogen-bond acceptors (Lipinski definition) is 3. The first-order valence-corrected chi connectivity index (χ1v) is 6.41. The Bertz CT molecular complexity index is 540. The summed E-state index contributed by atoms with van der Waals surface area (Å²) in [6.07, 6.45) is 0. The van der Waals surface area contributed by atoms with E-state index < -0.39 is 0 Å². The molecule has 4 heteroatoms. The van der Waals surface area contributed by atoms with Gasteiger partial charge in [-0.15, -0.1) is 0 Å². The van der Waals surface area contributed by atoms with Gasteiger partial charge in [-0.25, -0.2) is 0 Å². The van der Waals surface area contributed by atoms with Gasteiger partial charge in [0, 0.05) is 6.54 Å². The zero-order valence-electron chi connectivity index (χ0n) is 10.7. The van der Waals surface area contributed by atoms with Crippen molar-refractivity contribution in [2.24, 2.45) is 0 Å². The van der Waals surface area contributed by atoms with Gasteiger partial charge < -0.3 is 15.2 Å². The Labute approximate surface area is 117 Å². The van der Waals surface area contributed by atoms with Crippen LogP contribution in [0.4, 0.5) is 0 Å². The second-order valence-electron chi connectivity index (χ2n) is 4.20. The normalized spacial score (nSPS) is 10.5. The number of aliphatic hydroxyl groups is 1. The summed E-state index contributed by atoms with van der Waals surface area (Å²) in [7, 11) is 1.89. The van der Waals surface area contributed by atoms with Gasteiger partial charge in [0.15, 0.2) is 0 Å². The monoisotopic (exact) mass is 277 g/mol. The van der Waals surface area contributed by atoms with Crippen LogP contribution in [0.5, 0.6) is 11.5 Å². The summed E-state index contributed by atoms with van der Waals surface area (Å²) in [4.78, 5) is 0. The Morgan fingerprint density at radius 2 is 1.79 bits per heavy atom. The molecule has 0 aliphatic rings. The average molecular weight is 278 g/mol. The van der Waals surface area contributed by atoms with Crippen molar-refractivity contribution in [3.05, 3.63) is 58.6 Å². The highest BCUT2D eigenvalue weighted by molar-refractivity contribution is 6.32. The number of hydrogen-bond donors (Lipinski definition) is 2. The second kappa shape index (κ2) is 6.57. The fraction of sp³-hybridized carbons (Fsp3) is 0.200. The molecular formula is C15H16ClNO2. The second-order valence-corrected chi connectivity index (χ2v) is 4.61. The van der Waals surface area contributed by atoms with Crippen molar-refractivity contribution in [2.45, 2.75) is 13.2 Å². The van der Waals surface area contributed by atoms with E-state index in [-0.39, 0.29) is 6.61 Å². The Kier molecular flexibility index (Phi) is 4.80. The predicted molar refractivity (Wildman–Crippen MR) is 76.7 cm³/mol. The summed E-state index contributed by atoms with van der Waals surface area (Å²) in [5.41, 5.74) is 1.96. The standard InChI is InChI=1S/C15H16ClNO2/c1-17-9-12-4-7-15(14(16)8-12)19-13-5-2-11(10-18)3-6-13/h2-8,17-18H,9-10H2,1H3. The molecule has 100 valence electrons. The molecule has 0 aliphatic heterocycles. The molecule has 2 aromatic rings. The van der Waals surface area contributed by atoms with Crippen molar-refractivity contribution in [3.8, 4) is 11.5 Å². The van der Waals surface area contributed by atoms with E-state index in [2.05, 4.69) is 5.32 Å². The molecule has 19 heavy (non-hydrogen) atoms. The highest BCUT2D eigenvalue weighted by Crippen LogP contribution is 2.30. The molecule has 0 spiro atoms. The highest BCUT2D eigenvalue weighted by atomic mass is 35.5. The zero-order valence-corrected chi connectivity index (χ0v) is 11.4. The molecule has 2 rings (SSSR count). The van der Waals surface area contributed by atoms with Crippen LogP contribution in [0.1, 0.15) is 11.1 Å². The van der Waals surface area contributed by atoms with Crippen LogP contribution in [0.25, 0.3) is 0 Å². The first-order valence-electron chi connectivity index (χ1n) is 6.03. The van der Waals surface area contributed by atoms with Gasteiger partial charge in [0.1, 0.15) is 11.5 Å². The summed E-state index contributed by atoms with van der Waals surface area (Å²) in [5, 5.41) is 12.6. The Morgan fingerprint density at radius 3 is 2.37 bits per heavy atom. The summed E-state index contributed by atoms with van der Waals surface area (Å²) >= 11 is 6.18. The molecule has 3 nitrogen and oxygen atoms in total. The van der Waals surface area contributed by atoms with Crippen LogP contribution < -0.4 is 10.1 Å². The van der Waals surface area contributed by atoms with Crippen molar-refractivity contribution in [3.63, 3.8) is 0 Å². The van der Waals surface area contributed by atoms with Crippen LogP contribution in [-0.4, -0.2) is 12.2 Å². The molecule has 0 unspecified atom stereocenters. The fourth-order valence-corrected chi connectivity index (χ4v) is 1.97. The van der Waals surface area contributed by atoms with Crippen LogP contribution in [0.15, 0.2) is 42.5 Å². The van der Waals surface area contributed by atoms with Gasteiger partial charge >= 0.3 is 0 Å². The van der Waals surface area contributed by atoms with Gasteiger partial charge in [-0.2, -0.15) is 0 Å². The molecular weight excluding hydrogens is 262 g/mol. The number of benzene rings is 2. The lowest BCUT2D eigenvalue weighted by molar-refractivity contribution is 0.281. The van der Waals surface area contributed by atoms with Crippen LogP contribution in [0, 0.1) is 0 Å². The van der Waals surface area contributed by atoms with E-state index in [1.165, 1.54) is 0 Å². The van der Waals surface area contributed by atoms with Crippen molar-refractivity contribution >= 4 is 11.6 Å². The summed E-state index contributed by atoms with van der Waals surface area (Å²) in [6, 6.07) is 13.0. The minimum Gasteiger partial charge on any atom is -0.456 e. The van der Waals surface area contributed by atoms with Gasteiger partial charge in [-0.05, 0) is 42.4 Å². The van der Waals surface area contributed by atoms with E-state index in [1.807, 2.05) is 49.5 Å². The Hall–Kier alpha value is -1.55. The van der Waals surface area contributed by atoms with E-state index in [4.69, 9.17) is 21.4 Å². The van der Waals surface area contributed by atoms with Crippen molar-refractivity contribution in [1.82, 2.24) is 5.32 Å². The largest absolute Gasteiger partial charge is 0.456 e. The van der Waals surface area contributed by atoms with E-state index in [0.29, 0.717) is 16.5 Å². The molecule has 0 fully saturated rings. The molecule has 0 saturated carbocycles. The Morgan fingerprint density at radius 1 is 1.11 bits per heavy atom. The molecule has 2 N–H and O–H groups in total. The van der Waals surface area contributed by atoms with Gasteiger partial charge in [-0.1, -0.05) is 29.8 Å².